The van der Waals surface area contributed by atoms with Gasteiger partial charge in [0.15, 0.2) is 0 Å². The molecule has 0 saturated heterocycles. The first-order valence-electron chi connectivity index (χ1n) is 4.26. The number of benzene rings is 1. The number of rotatable bonds is 5. The van der Waals surface area contributed by atoms with Crippen molar-refractivity contribution >= 4 is 21.7 Å². The Morgan fingerprint density at radius 3 is 2.80 bits per heavy atom. The summed E-state index contributed by atoms with van der Waals surface area (Å²) in [6, 6.07) is 6.85. The van der Waals surface area contributed by atoms with Crippen molar-refractivity contribution in [3.8, 4) is 0 Å². The lowest BCUT2D eigenvalue weighted by molar-refractivity contribution is 0.310. The highest BCUT2D eigenvalue weighted by atomic mass is 35.5. The van der Waals surface area contributed by atoms with Crippen LogP contribution in [0.25, 0.3) is 0 Å². The van der Waals surface area contributed by atoms with E-state index in [4.69, 9.17) is 15.8 Å². The van der Waals surface area contributed by atoms with Crippen molar-refractivity contribution < 1.29 is 12.6 Å². The van der Waals surface area contributed by atoms with Crippen molar-refractivity contribution in [2.24, 2.45) is 0 Å². The van der Waals surface area contributed by atoms with Gasteiger partial charge in [0.1, 0.15) is 0 Å². The molecule has 0 aliphatic carbocycles. The second kappa shape index (κ2) is 5.30. The zero-order chi connectivity index (χ0) is 11.3. The summed E-state index contributed by atoms with van der Waals surface area (Å²) in [4.78, 5) is 0. The summed E-state index contributed by atoms with van der Waals surface area (Å²) in [5.74, 6) is -0.187. The van der Waals surface area contributed by atoms with Crippen LogP contribution < -0.4 is 0 Å². The quantitative estimate of drug-likeness (QED) is 0.592. The zero-order valence-corrected chi connectivity index (χ0v) is 9.59. The third kappa shape index (κ3) is 4.46. The van der Waals surface area contributed by atoms with E-state index in [1.54, 1.807) is 24.3 Å². The topological polar surface area (TPSA) is 43.4 Å². The van der Waals surface area contributed by atoms with Crippen LogP contribution in [0.4, 0.5) is 0 Å². The monoisotopic (exact) mass is 246 g/mol. The zero-order valence-electron chi connectivity index (χ0n) is 8.02. The summed E-state index contributed by atoms with van der Waals surface area (Å²) in [5, 5.41) is 0.553. The molecule has 0 aliphatic rings. The predicted octanol–water partition coefficient (Wildman–Crippen LogP) is 2.37. The molecule has 82 valence electrons. The smallest absolute Gasteiger partial charge is 0.265 e. The summed E-state index contributed by atoms with van der Waals surface area (Å²) >= 11 is 5.73. The maximum Gasteiger partial charge on any atom is 0.271 e. The van der Waals surface area contributed by atoms with Gasteiger partial charge in [-0.25, -0.2) is 0 Å². The van der Waals surface area contributed by atoms with Crippen LogP contribution in [0, 0.1) is 0 Å². The molecule has 0 heterocycles. The summed E-state index contributed by atoms with van der Waals surface area (Å²) in [6.45, 7) is 3.33. The lowest BCUT2D eigenvalue weighted by Gasteiger charge is -2.03. The van der Waals surface area contributed by atoms with Gasteiger partial charge in [-0.05, 0) is 17.7 Å². The first-order chi connectivity index (χ1) is 7.03. The van der Waals surface area contributed by atoms with E-state index in [2.05, 4.69) is 6.58 Å². The molecule has 15 heavy (non-hydrogen) atoms. The second-order valence-corrected chi connectivity index (χ2v) is 5.03. The molecule has 0 saturated carbocycles. The third-order valence-corrected chi connectivity index (χ3v) is 2.97. The minimum atomic E-state index is -3.50. The molecule has 0 unspecified atom stereocenters. The van der Waals surface area contributed by atoms with Gasteiger partial charge < -0.3 is 0 Å². The fourth-order valence-electron chi connectivity index (χ4n) is 0.977. The van der Waals surface area contributed by atoms with Crippen LogP contribution in [-0.2, 0) is 20.9 Å². The van der Waals surface area contributed by atoms with Crippen molar-refractivity contribution in [2.75, 3.05) is 5.75 Å². The maximum atomic E-state index is 11.2. The van der Waals surface area contributed by atoms with Crippen molar-refractivity contribution in [2.45, 2.75) is 6.61 Å². The number of halogens is 1. The van der Waals surface area contributed by atoms with E-state index < -0.39 is 10.1 Å². The molecule has 0 spiro atoms. The Hall–Kier alpha value is -0.840. The number of hydrogen-bond donors (Lipinski definition) is 0. The van der Waals surface area contributed by atoms with Crippen LogP contribution in [-0.4, -0.2) is 14.2 Å². The number of hydrogen-bond acceptors (Lipinski definition) is 3. The van der Waals surface area contributed by atoms with Gasteiger partial charge in [-0.1, -0.05) is 29.8 Å². The molecule has 0 bridgehead atoms. The fraction of sp³-hybridized carbons (Fsp3) is 0.200. The van der Waals surface area contributed by atoms with Gasteiger partial charge >= 0.3 is 0 Å². The third-order valence-electron chi connectivity index (χ3n) is 1.62. The van der Waals surface area contributed by atoms with Gasteiger partial charge in [0.25, 0.3) is 10.1 Å². The standard InChI is InChI=1S/C10H11ClO3S/c1-2-6-15(12,13)14-8-9-4-3-5-10(11)7-9/h2-5,7H,1,6,8H2. The maximum absolute atomic E-state index is 11.2. The minimum Gasteiger partial charge on any atom is -0.265 e. The molecule has 1 aromatic carbocycles. The molecule has 0 fully saturated rings. The molecule has 0 aromatic heterocycles. The van der Waals surface area contributed by atoms with Gasteiger partial charge in [0, 0.05) is 5.02 Å². The average molecular weight is 247 g/mol. The fourth-order valence-corrected chi connectivity index (χ4v) is 1.89. The van der Waals surface area contributed by atoms with Crippen LogP contribution in [0.5, 0.6) is 0 Å². The Balaban J connectivity index is 2.61. The first kappa shape index (κ1) is 12.2. The minimum absolute atomic E-state index is 0.00324. The summed E-state index contributed by atoms with van der Waals surface area (Å²) < 4.78 is 27.1. The highest BCUT2D eigenvalue weighted by Gasteiger charge is 2.08. The normalized spacial score (nSPS) is 11.3. The van der Waals surface area contributed by atoms with E-state index in [-0.39, 0.29) is 12.4 Å². The Labute approximate surface area is 94.5 Å². The lowest BCUT2D eigenvalue weighted by Crippen LogP contribution is -2.08. The van der Waals surface area contributed by atoms with Gasteiger partial charge in [0.05, 0.1) is 12.4 Å². The van der Waals surface area contributed by atoms with Crippen molar-refractivity contribution in [1.82, 2.24) is 0 Å². The highest BCUT2D eigenvalue weighted by molar-refractivity contribution is 7.86. The molecule has 0 radical (unpaired) electrons. The van der Waals surface area contributed by atoms with Gasteiger partial charge in [0.2, 0.25) is 0 Å². The molecule has 0 atom stereocenters. The van der Waals surface area contributed by atoms with Gasteiger partial charge in [-0.2, -0.15) is 8.42 Å². The summed E-state index contributed by atoms with van der Waals surface area (Å²) in [6.07, 6.45) is 1.29. The van der Waals surface area contributed by atoms with E-state index >= 15 is 0 Å². The van der Waals surface area contributed by atoms with E-state index in [0.29, 0.717) is 5.02 Å². The average Bonchev–Trinajstić information content (AvgIpc) is 2.15. The Bertz CT molecular complexity index is 440. The van der Waals surface area contributed by atoms with Gasteiger partial charge in [-0.3, -0.25) is 4.18 Å². The van der Waals surface area contributed by atoms with Crippen LogP contribution >= 0.6 is 11.6 Å². The molecule has 1 rings (SSSR count). The van der Waals surface area contributed by atoms with Crippen LogP contribution in [0.3, 0.4) is 0 Å². The molecule has 0 amide bonds. The molecular formula is C10H11ClO3S. The molecule has 0 N–H and O–H groups in total. The largest absolute Gasteiger partial charge is 0.271 e. The molecule has 1 aromatic rings. The molecule has 0 aliphatic heterocycles. The van der Waals surface area contributed by atoms with Crippen LogP contribution in [0.1, 0.15) is 5.56 Å². The van der Waals surface area contributed by atoms with E-state index in [0.717, 1.165) is 5.56 Å². The van der Waals surface area contributed by atoms with Crippen LogP contribution in [0.2, 0.25) is 5.02 Å². The van der Waals surface area contributed by atoms with Crippen molar-refractivity contribution in [3.63, 3.8) is 0 Å². The Morgan fingerprint density at radius 2 is 2.20 bits per heavy atom. The Morgan fingerprint density at radius 1 is 1.47 bits per heavy atom. The second-order valence-electron chi connectivity index (χ2n) is 2.91. The molecule has 3 nitrogen and oxygen atoms in total. The summed E-state index contributed by atoms with van der Waals surface area (Å²) in [5.41, 5.74) is 0.718. The van der Waals surface area contributed by atoms with Gasteiger partial charge in [-0.15, -0.1) is 6.58 Å². The predicted molar refractivity (Wildman–Crippen MR) is 60.2 cm³/mol. The molecule has 5 heteroatoms. The SMILES string of the molecule is C=CCS(=O)(=O)OCc1cccc(Cl)c1. The van der Waals surface area contributed by atoms with Crippen LogP contribution in [0.15, 0.2) is 36.9 Å². The van der Waals surface area contributed by atoms with E-state index in [9.17, 15) is 8.42 Å². The molecular weight excluding hydrogens is 236 g/mol. The first-order valence-corrected chi connectivity index (χ1v) is 6.21. The summed E-state index contributed by atoms with van der Waals surface area (Å²) in [7, 11) is -3.50. The van der Waals surface area contributed by atoms with E-state index in [1.165, 1.54) is 6.08 Å². The lowest BCUT2D eigenvalue weighted by atomic mass is 10.2. The van der Waals surface area contributed by atoms with E-state index in [1.807, 2.05) is 0 Å². The van der Waals surface area contributed by atoms with Crippen molar-refractivity contribution in [3.05, 3.63) is 47.5 Å². The van der Waals surface area contributed by atoms with Crippen molar-refractivity contribution in [1.29, 1.82) is 0 Å². The highest BCUT2D eigenvalue weighted by Crippen LogP contribution is 2.12. The Kier molecular flexibility index (Phi) is 4.32.